The SMILES string of the molecule is C=CCN1CCN(C(=O)c2coc(CN3CCN(c4ccccc4F)CC3)n2)CC1. The molecule has 30 heavy (non-hydrogen) atoms. The van der Waals surface area contributed by atoms with Gasteiger partial charge in [-0.3, -0.25) is 14.6 Å². The van der Waals surface area contributed by atoms with Crippen molar-refractivity contribution in [2.45, 2.75) is 6.54 Å². The summed E-state index contributed by atoms with van der Waals surface area (Å²) in [5.41, 5.74) is 1.02. The van der Waals surface area contributed by atoms with Gasteiger partial charge in [-0.05, 0) is 12.1 Å². The molecule has 7 nitrogen and oxygen atoms in total. The second-order valence-corrected chi connectivity index (χ2v) is 7.72. The van der Waals surface area contributed by atoms with Crippen LogP contribution in [0, 0.1) is 5.82 Å². The summed E-state index contributed by atoms with van der Waals surface area (Å²) in [5.74, 6) is 0.280. The van der Waals surface area contributed by atoms with Crippen LogP contribution in [0.4, 0.5) is 10.1 Å². The zero-order valence-electron chi connectivity index (χ0n) is 17.2. The molecule has 3 heterocycles. The van der Waals surface area contributed by atoms with Gasteiger partial charge in [0.2, 0.25) is 5.89 Å². The van der Waals surface area contributed by atoms with Crippen LogP contribution in [-0.2, 0) is 6.54 Å². The fourth-order valence-electron chi connectivity index (χ4n) is 4.01. The summed E-state index contributed by atoms with van der Waals surface area (Å²) in [5, 5.41) is 0. The van der Waals surface area contributed by atoms with Crippen LogP contribution < -0.4 is 4.90 Å². The van der Waals surface area contributed by atoms with Crippen molar-refractivity contribution in [1.29, 1.82) is 0 Å². The Hall–Kier alpha value is -2.71. The van der Waals surface area contributed by atoms with Gasteiger partial charge in [0.25, 0.3) is 5.91 Å². The molecule has 1 aromatic carbocycles. The van der Waals surface area contributed by atoms with Crippen LogP contribution in [0.2, 0.25) is 0 Å². The summed E-state index contributed by atoms with van der Waals surface area (Å²) in [6, 6.07) is 6.87. The lowest BCUT2D eigenvalue weighted by molar-refractivity contribution is 0.0644. The molecule has 2 saturated heterocycles. The van der Waals surface area contributed by atoms with E-state index in [1.54, 1.807) is 6.07 Å². The number of carbonyl (C=O) groups excluding carboxylic acids is 1. The van der Waals surface area contributed by atoms with Crippen LogP contribution >= 0.6 is 0 Å². The van der Waals surface area contributed by atoms with E-state index in [9.17, 15) is 9.18 Å². The normalized spacial score (nSPS) is 18.6. The molecule has 8 heteroatoms. The molecule has 4 rings (SSSR count). The molecule has 2 fully saturated rings. The standard InChI is InChI=1S/C22H28FN5O2/c1-2-7-25-8-14-28(15-9-25)22(29)19-17-30-21(24-19)16-26-10-12-27(13-11-26)20-6-4-3-5-18(20)23/h2-6,17H,1,7-16H2. The minimum absolute atomic E-state index is 0.0763. The predicted octanol–water partition coefficient (Wildman–Crippen LogP) is 2.08. The number of amides is 1. The zero-order valence-corrected chi connectivity index (χ0v) is 17.2. The molecular weight excluding hydrogens is 385 g/mol. The number of anilines is 1. The molecule has 2 aromatic rings. The number of carbonyl (C=O) groups is 1. The molecule has 0 saturated carbocycles. The second-order valence-electron chi connectivity index (χ2n) is 7.72. The summed E-state index contributed by atoms with van der Waals surface area (Å²) >= 11 is 0. The number of piperazine rings is 2. The van der Waals surface area contributed by atoms with Crippen LogP contribution in [0.25, 0.3) is 0 Å². The molecule has 1 amide bonds. The van der Waals surface area contributed by atoms with Crippen LogP contribution in [0.1, 0.15) is 16.4 Å². The molecule has 0 atom stereocenters. The highest BCUT2D eigenvalue weighted by Crippen LogP contribution is 2.21. The van der Waals surface area contributed by atoms with Gasteiger partial charge in [0, 0.05) is 58.9 Å². The monoisotopic (exact) mass is 413 g/mol. The maximum atomic E-state index is 14.0. The fourth-order valence-corrected chi connectivity index (χ4v) is 4.01. The summed E-state index contributed by atoms with van der Waals surface area (Å²) in [6.45, 7) is 11.3. The van der Waals surface area contributed by atoms with E-state index in [-0.39, 0.29) is 11.7 Å². The Bertz CT molecular complexity index is 870. The highest BCUT2D eigenvalue weighted by molar-refractivity contribution is 5.92. The van der Waals surface area contributed by atoms with Crippen molar-refractivity contribution in [3.8, 4) is 0 Å². The largest absolute Gasteiger partial charge is 0.447 e. The first kappa shape index (κ1) is 20.6. The molecule has 160 valence electrons. The molecule has 2 aliphatic heterocycles. The maximum absolute atomic E-state index is 14.0. The molecule has 0 radical (unpaired) electrons. The van der Waals surface area contributed by atoms with Crippen molar-refractivity contribution < 1.29 is 13.6 Å². The van der Waals surface area contributed by atoms with Gasteiger partial charge in [0.05, 0.1) is 12.2 Å². The van der Waals surface area contributed by atoms with E-state index in [1.807, 2.05) is 23.1 Å². The number of hydrogen-bond donors (Lipinski definition) is 0. The molecule has 0 aliphatic carbocycles. The molecule has 0 unspecified atom stereocenters. The minimum atomic E-state index is -0.188. The van der Waals surface area contributed by atoms with Gasteiger partial charge in [0.1, 0.15) is 12.1 Å². The van der Waals surface area contributed by atoms with Crippen molar-refractivity contribution >= 4 is 11.6 Å². The molecular formula is C22H28FN5O2. The number of oxazole rings is 1. The third-order valence-electron chi connectivity index (χ3n) is 5.74. The van der Waals surface area contributed by atoms with E-state index in [0.717, 1.165) is 45.8 Å². The van der Waals surface area contributed by atoms with E-state index in [1.165, 1.54) is 12.3 Å². The Kier molecular flexibility index (Phi) is 6.44. The second kappa shape index (κ2) is 9.40. The summed E-state index contributed by atoms with van der Waals surface area (Å²) in [4.78, 5) is 25.5. The van der Waals surface area contributed by atoms with Gasteiger partial charge in [-0.1, -0.05) is 18.2 Å². The van der Waals surface area contributed by atoms with Gasteiger partial charge in [0.15, 0.2) is 5.69 Å². The number of hydrogen-bond acceptors (Lipinski definition) is 6. The van der Waals surface area contributed by atoms with E-state index in [4.69, 9.17) is 4.42 Å². The number of benzene rings is 1. The van der Waals surface area contributed by atoms with E-state index in [0.29, 0.717) is 36.9 Å². The van der Waals surface area contributed by atoms with Gasteiger partial charge in [-0.15, -0.1) is 6.58 Å². The van der Waals surface area contributed by atoms with Gasteiger partial charge >= 0.3 is 0 Å². The van der Waals surface area contributed by atoms with Crippen LogP contribution in [0.5, 0.6) is 0 Å². The molecule has 0 spiro atoms. The van der Waals surface area contributed by atoms with Crippen molar-refractivity contribution in [2.75, 3.05) is 63.8 Å². The smallest absolute Gasteiger partial charge is 0.275 e. The third-order valence-corrected chi connectivity index (χ3v) is 5.74. The zero-order chi connectivity index (χ0) is 20.9. The van der Waals surface area contributed by atoms with Gasteiger partial charge in [-0.25, -0.2) is 9.37 Å². The molecule has 2 aliphatic rings. The van der Waals surface area contributed by atoms with Crippen molar-refractivity contribution in [3.63, 3.8) is 0 Å². The third kappa shape index (κ3) is 4.71. The number of nitrogens with zero attached hydrogens (tertiary/aromatic N) is 5. The van der Waals surface area contributed by atoms with Gasteiger partial charge in [-0.2, -0.15) is 0 Å². The Morgan fingerprint density at radius 1 is 1.07 bits per heavy atom. The lowest BCUT2D eigenvalue weighted by atomic mass is 10.2. The average molecular weight is 413 g/mol. The van der Waals surface area contributed by atoms with Crippen molar-refractivity contribution in [1.82, 2.24) is 19.7 Å². The Labute approximate surface area is 176 Å². The Morgan fingerprint density at radius 2 is 1.77 bits per heavy atom. The fraction of sp³-hybridized carbons (Fsp3) is 0.455. The van der Waals surface area contributed by atoms with Crippen molar-refractivity contribution in [2.24, 2.45) is 0 Å². The van der Waals surface area contributed by atoms with Crippen LogP contribution in [-0.4, -0.2) is 84.5 Å². The van der Waals surface area contributed by atoms with Crippen LogP contribution in [0.15, 0.2) is 47.6 Å². The predicted molar refractivity (Wildman–Crippen MR) is 113 cm³/mol. The molecule has 0 bridgehead atoms. The van der Waals surface area contributed by atoms with E-state index < -0.39 is 0 Å². The quantitative estimate of drug-likeness (QED) is 0.676. The first-order valence-corrected chi connectivity index (χ1v) is 10.4. The number of aromatic nitrogens is 1. The lowest BCUT2D eigenvalue weighted by Gasteiger charge is -2.35. The Morgan fingerprint density at radius 3 is 2.47 bits per heavy atom. The summed E-state index contributed by atoms with van der Waals surface area (Å²) in [6.07, 6.45) is 3.35. The summed E-state index contributed by atoms with van der Waals surface area (Å²) < 4.78 is 19.6. The maximum Gasteiger partial charge on any atom is 0.275 e. The minimum Gasteiger partial charge on any atom is -0.447 e. The lowest BCUT2D eigenvalue weighted by Crippen LogP contribution is -2.48. The first-order chi connectivity index (χ1) is 14.6. The topological polar surface area (TPSA) is 56.1 Å². The molecule has 1 aromatic heterocycles. The first-order valence-electron chi connectivity index (χ1n) is 10.4. The van der Waals surface area contributed by atoms with Crippen LogP contribution in [0.3, 0.4) is 0 Å². The van der Waals surface area contributed by atoms with E-state index in [2.05, 4.69) is 26.3 Å². The number of rotatable bonds is 6. The van der Waals surface area contributed by atoms with Crippen molar-refractivity contribution in [3.05, 3.63) is 60.6 Å². The summed E-state index contributed by atoms with van der Waals surface area (Å²) in [7, 11) is 0. The van der Waals surface area contributed by atoms with E-state index >= 15 is 0 Å². The molecule has 0 N–H and O–H groups in total. The average Bonchev–Trinajstić information content (AvgIpc) is 3.23. The van der Waals surface area contributed by atoms with Gasteiger partial charge < -0.3 is 14.2 Å². The number of halogens is 1. The Balaban J connectivity index is 1.27. The number of para-hydroxylation sites is 1. The highest BCUT2D eigenvalue weighted by Gasteiger charge is 2.25. The highest BCUT2D eigenvalue weighted by atomic mass is 19.1.